The number of hydrogen-bond acceptors (Lipinski definition) is 7. The van der Waals surface area contributed by atoms with Crippen molar-refractivity contribution >= 4 is 27.5 Å². The van der Waals surface area contributed by atoms with E-state index in [4.69, 9.17) is 4.74 Å². The average Bonchev–Trinajstić information content (AvgIpc) is 3.16. The van der Waals surface area contributed by atoms with Crippen LogP contribution in [0.15, 0.2) is 59.0 Å². The van der Waals surface area contributed by atoms with E-state index in [2.05, 4.69) is 25.7 Å². The van der Waals surface area contributed by atoms with Crippen molar-refractivity contribution < 1.29 is 27.9 Å². The third kappa shape index (κ3) is 5.94. The van der Waals surface area contributed by atoms with Crippen molar-refractivity contribution in [1.82, 2.24) is 14.1 Å². The molecule has 210 valence electrons. The Morgan fingerprint density at radius 2 is 1.67 bits per heavy atom. The predicted octanol–water partition coefficient (Wildman–Crippen LogP) is 2.99. The number of aliphatic hydroxyl groups excluding tert-OH is 1. The molecule has 2 aliphatic heterocycles. The fraction of sp³-hybridized carbons (Fsp3) is 0.448. The summed E-state index contributed by atoms with van der Waals surface area (Å²) in [7, 11) is -0.936. The summed E-state index contributed by atoms with van der Waals surface area (Å²) in [5.41, 5.74) is 1.81. The number of aliphatic hydroxyl groups is 1. The molecule has 2 heterocycles. The summed E-state index contributed by atoms with van der Waals surface area (Å²) in [5.74, 6) is -1.88. The highest BCUT2D eigenvalue weighted by molar-refractivity contribution is 7.89. The van der Waals surface area contributed by atoms with Crippen LogP contribution in [-0.4, -0.2) is 92.8 Å². The summed E-state index contributed by atoms with van der Waals surface area (Å²) < 4.78 is 31.9. The molecule has 4 rings (SSSR count). The number of sulfonamides is 1. The molecular formula is C29H37N3O6S. The molecule has 2 saturated heterocycles. The third-order valence-corrected chi connectivity index (χ3v) is 9.09. The van der Waals surface area contributed by atoms with E-state index in [1.165, 1.54) is 43.3 Å². The lowest BCUT2D eigenvalue weighted by atomic mass is 9.85. The Bertz CT molecular complexity index is 1370. The van der Waals surface area contributed by atoms with Crippen LogP contribution in [0.1, 0.15) is 43.5 Å². The van der Waals surface area contributed by atoms with Gasteiger partial charge in [-0.2, -0.15) is 0 Å². The molecule has 39 heavy (non-hydrogen) atoms. The maximum Gasteiger partial charge on any atom is 0.295 e. The number of benzene rings is 2. The molecule has 2 aromatic carbocycles. The minimum atomic E-state index is -3.78. The zero-order valence-electron chi connectivity index (χ0n) is 23.2. The van der Waals surface area contributed by atoms with Gasteiger partial charge < -0.3 is 14.7 Å². The smallest absolute Gasteiger partial charge is 0.295 e. The summed E-state index contributed by atoms with van der Waals surface area (Å²) in [6, 6.07) is 12.7. The van der Waals surface area contributed by atoms with Crippen LogP contribution in [0.3, 0.4) is 0 Å². The lowest BCUT2D eigenvalue weighted by Gasteiger charge is -2.31. The molecule has 0 spiro atoms. The Morgan fingerprint density at radius 1 is 1.03 bits per heavy atom. The fourth-order valence-electron chi connectivity index (χ4n) is 4.87. The first-order valence-electron chi connectivity index (χ1n) is 13.0. The van der Waals surface area contributed by atoms with Crippen LogP contribution >= 0.6 is 0 Å². The fourth-order valence-corrected chi connectivity index (χ4v) is 5.81. The van der Waals surface area contributed by atoms with Crippen molar-refractivity contribution in [3.05, 3.63) is 70.8 Å². The standard InChI is InChI=1S/C29H37N3O6S/c1-29(2,3)22-11-9-20(10-12-22)25-24(26(33)21-7-6-8-23(19-21)39(36,37)30(4)5)27(34)28(35)32(25)14-13-31-15-17-38-18-16-31/h6-12,19,25,33H,13-18H2,1-5H3/t25-/m0/s1. The van der Waals surface area contributed by atoms with Crippen molar-refractivity contribution in [2.24, 2.45) is 0 Å². The van der Waals surface area contributed by atoms with Crippen LogP contribution in [-0.2, 0) is 29.8 Å². The van der Waals surface area contributed by atoms with Gasteiger partial charge in [0, 0.05) is 45.8 Å². The number of amides is 1. The van der Waals surface area contributed by atoms with Gasteiger partial charge in [0.2, 0.25) is 10.0 Å². The molecule has 0 aliphatic carbocycles. The number of ether oxygens (including phenoxy) is 1. The molecule has 0 saturated carbocycles. The van der Waals surface area contributed by atoms with Crippen molar-refractivity contribution in [2.75, 3.05) is 53.5 Å². The van der Waals surface area contributed by atoms with E-state index in [0.29, 0.717) is 31.9 Å². The van der Waals surface area contributed by atoms with Crippen molar-refractivity contribution in [3.63, 3.8) is 0 Å². The van der Waals surface area contributed by atoms with Gasteiger partial charge in [0.15, 0.2) is 0 Å². The lowest BCUT2D eigenvalue weighted by molar-refractivity contribution is -0.140. The highest BCUT2D eigenvalue weighted by atomic mass is 32.2. The first-order valence-corrected chi connectivity index (χ1v) is 14.5. The van der Waals surface area contributed by atoms with Gasteiger partial charge in [-0.15, -0.1) is 0 Å². The summed E-state index contributed by atoms with van der Waals surface area (Å²) in [6.07, 6.45) is 0. The monoisotopic (exact) mass is 555 g/mol. The minimum Gasteiger partial charge on any atom is -0.507 e. The number of morpholine rings is 1. The zero-order chi connectivity index (χ0) is 28.5. The highest BCUT2D eigenvalue weighted by Crippen LogP contribution is 2.40. The summed E-state index contributed by atoms with van der Waals surface area (Å²) in [5, 5.41) is 11.4. The van der Waals surface area contributed by atoms with Gasteiger partial charge in [-0.05, 0) is 28.7 Å². The second-order valence-corrected chi connectivity index (χ2v) is 13.3. The first kappa shape index (κ1) is 28.9. The van der Waals surface area contributed by atoms with Gasteiger partial charge in [-0.25, -0.2) is 12.7 Å². The molecule has 0 radical (unpaired) electrons. The number of carbonyl (C=O) groups is 2. The lowest BCUT2D eigenvalue weighted by Crippen LogP contribution is -2.42. The van der Waals surface area contributed by atoms with E-state index in [-0.39, 0.29) is 21.4 Å². The molecule has 9 nitrogen and oxygen atoms in total. The molecule has 2 aromatic rings. The van der Waals surface area contributed by atoms with Crippen LogP contribution in [0.25, 0.3) is 5.76 Å². The van der Waals surface area contributed by atoms with Gasteiger partial charge in [0.25, 0.3) is 11.7 Å². The Hall–Kier alpha value is -3.05. The molecule has 2 fully saturated rings. The summed E-state index contributed by atoms with van der Waals surface area (Å²) in [6.45, 7) is 9.86. The number of Topliss-reactive ketones (excluding diaryl/α,β-unsaturated/α-hetero) is 1. The van der Waals surface area contributed by atoms with Gasteiger partial charge in [0.1, 0.15) is 5.76 Å². The Balaban J connectivity index is 1.80. The van der Waals surface area contributed by atoms with Crippen molar-refractivity contribution in [2.45, 2.75) is 37.1 Å². The SMILES string of the molecule is CN(C)S(=O)(=O)c1cccc(C(O)=C2C(=O)C(=O)N(CCN3CCOCC3)[C@H]2c2ccc(C(C)(C)C)cc2)c1. The Morgan fingerprint density at radius 3 is 2.26 bits per heavy atom. The van der Waals surface area contributed by atoms with Crippen LogP contribution in [0.4, 0.5) is 0 Å². The van der Waals surface area contributed by atoms with Crippen LogP contribution in [0.5, 0.6) is 0 Å². The molecule has 0 bridgehead atoms. The highest BCUT2D eigenvalue weighted by Gasteiger charge is 2.46. The minimum absolute atomic E-state index is 0.0239. The molecule has 1 N–H and O–H groups in total. The number of carbonyl (C=O) groups excluding carboxylic acids is 2. The molecule has 2 aliphatic rings. The normalized spacial score (nSPS) is 20.7. The van der Waals surface area contributed by atoms with Gasteiger partial charge in [-0.1, -0.05) is 57.2 Å². The van der Waals surface area contributed by atoms with Crippen LogP contribution in [0, 0.1) is 0 Å². The second-order valence-electron chi connectivity index (χ2n) is 11.1. The number of hydrogen-bond donors (Lipinski definition) is 1. The van der Waals surface area contributed by atoms with Crippen LogP contribution in [0.2, 0.25) is 0 Å². The van der Waals surface area contributed by atoms with E-state index in [1.807, 2.05) is 24.3 Å². The van der Waals surface area contributed by atoms with E-state index >= 15 is 0 Å². The van der Waals surface area contributed by atoms with E-state index < -0.39 is 33.5 Å². The zero-order valence-corrected chi connectivity index (χ0v) is 24.0. The quantitative estimate of drug-likeness (QED) is 0.318. The number of ketones is 1. The maximum atomic E-state index is 13.4. The molecule has 0 aromatic heterocycles. The van der Waals surface area contributed by atoms with Gasteiger partial charge in [0.05, 0.1) is 29.7 Å². The topological polar surface area (TPSA) is 107 Å². The van der Waals surface area contributed by atoms with Crippen molar-refractivity contribution in [1.29, 1.82) is 0 Å². The average molecular weight is 556 g/mol. The largest absolute Gasteiger partial charge is 0.507 e. The predicted molar refractivity (Wildman–Crippen MR) is 149 cm³/mol. The summed E-state index contributed by atoms with van der Waals surface area (Å²) in [4.78, 5) is 30.4. The number of nitrogens with zero attached hydrogens (tertiary/aromatic N) is 3. The first-order chi connectivity index (χ1) is 18.3. The summed E-state index contributed by atoms with van der Waals surface area (Å²) >= 11 is 0. The van der Waals surface area contributed by atoms with Gasteiger partial charge >= 0.3 is 0 Å². The second kappa shape index (κ2) is 11.2. The van der Waals surface area contributed by atoms with E-state index in [9.17, 15) is 23.1 Å². The van der Waals surface area contributed by atoms with Crippen LogP contribution < -0.4 is 0 Å². The molecular weight excluding hydrogens is 518 g/mol. The maximum absolute atomic E-state index is 13.4. The van der Waals surface area contributed by atoms with Gasteiger partial charge in [-0.3, -0.25) is 14.5 Å². The van der Waals surface area contributed by atoms with Crippen molar-refractivity contribution in [3.8, 4) is 0 Å². The molecule has 10 heteroatoms. The molecule has 0 unspecified atom stereocenters. The van der Waals surface area contributed by atoms with E-state index in [0.717, 1.165) is 23.0 Å². The number of likely N-dealkylation sites (tertiary alicyclic amines) is 1. The third-order valence-electron chi connectivity index (χ3n) is 7.28. The van der Waals surface area contributed by atoms with E-state index in [1.54, 1.807) is 0 Å². The molecule has 1 amide bonds. The Labute approximate surface area is 230 Å². The Kier molecular flexibility index (Phi) is 8.32. The molecule has 1 atom stereocenters. The number of rotatable bonds is 7.